The summed E-state index contributed by atoms with van der Waals surface area (Å²) in [5.74, 6) is -3.59. The fourth-order valence-electron chi connectivity index (χ4n) is 3.80. The maximum atomic E-state index is 13.6. The topological polar surface area (TPSA) is 118 Å². The predicted molar refractivity (Wildman–Crippen MR) is 131 cm³/mol. The van der Waals surface area contributed by atoms with Gasteiger partial charge >= 0.3 is 0 Å². The van der Waals surface area contributed by atoms with Crippen molar-refractivity contribution in [1.29, 1.82) is 0 Å². The van der Waals surface area contributed by atoms with Crippen molar-refractivity contribution in [3.63, 3.8) is 0 Å². The number of halogens is 2. The summed E-state index contributed by atoms with van der Waals surface area (Å²) in [5, 5.41) is 12.8. The number of ketones is 1. The second-order valence-corrected chi connectivity index (χ2v) is 8.93. The van der Waals surface area contributed by atoms with Crippen molar-refractivity contribution in [2.45, 2.75) is 13.8 Å². The molecule has 36 heavy (non-hydrogen) atoms. The number of fused-ring (bicyclic) bond motifs is 1. The van der Waals surface area contributed by atoms with Crippen molar-refractivity contribution in [3.8, 4) is 0 Å². The lowest BCUT2D eigenvalue weighted by molar-refractivity contribution is -0.385. The smallest absolute Gasteiger partial charge is 0.287 e. The first-order valence-electron chi connectivity index (χ1n) is 10.5. The molecule has 0 saturated carbocycles. The number of nitro benzene ring substituents is 1. The van der Waals surface area contributed by atoms with Gasteiger partial charge in [0.25, 0.3) is 23.4 Å². The van der Waals surface area contributed by atoms with Gasteiger partial charge in [0, 0.05) is 16.7 Å². The molecular formula is C25H17Cl2N3O6. The second-order valence-electron chi connectivity index (χ2n) is 8.09. The Hall–Kier alpha value is -4.08. The number of hydrogen-bond donors (Lipinski definition) is 0. The first kappa shape index (κ1) is 25.0. The van der Waals surface area contributed by atoms with Crippen LogP contribution in [0.15, 0.2) is 54.6 Å². The standard InChI is InChI=1S/C25H17Cl2N3O6/c1-13-6-7-15(10-14(13)2)21(31)12-28(23(32)17-9-8-16(26)11-19(17)27)29-24(33)18-4-3-5-20(30(35)36)22(18)25(29)34/h3-11H,12H2,1-2H3. The summed E-state index contributed by atoms with van der Waals surface area (Å²) < 4.78 is 0. The van der Waals surface area contributed by atoms with E-state index in [1.807, 2.05) is 13.8 Å². The molecule has 3 aromatic carbocycles. The van der Waals surface area contributed by atoms with Gasteiger partial charge in [0.1, 0.15) is 12.1 Å². The highest BCUT2D eigenvalue weighted by Gasteiger charge is 2.46. The minimum atomic E-state index is -1.10. The van der Waals surface area contributed by atoms with Crippen molar-refractivity contribution in [1.82, 2.24) is 10.0 Å². The molecule has 1 heterocycles. The third kappa shape index (κ3) is 4.34. The molecule has 11 heteroatoms. The first-order valence-corrected chi connectivity index (χ1v) is 11.3. The third-order valence-electron chi connectivity index (χ3n) is 5.83. The van der Waals surface area contributed by atoms with Crippen LogP contribution in [0.4, 0.5) is 5.69 Å². The zero-order valence-electron chi connectivity index (χ0n) is 19.0. The summed E-state index contributed by atoms with van der Waals surface area (Å²) in [6, 6.07) is 12.5. The molecule has 0 aromatic heterocycles. The Morgan fingerprint density at radius 1 is 0.972 bits per heavy atom. The molecular weight excluding hydrogens is 509 g/mol. The van der Waals surface area contributed by atoms with Crippen molar-refractivity contribution in [2.75, 3.05) is 6.54 Å². The fourth-order valence-corrected chi connectivity index (χ4v) is 4.29. The summed E-state index contributed by atoms with van der Waals surface area (Å²) in [4.78, 5) is 64.0. The highest BCUT2D eigenvalue weighted by molar-refractivity contribution is 6.37. The number of carbonyl (C=O) groups is 4. The monoisotopic (exact) mass is 525 g/mol. The van der Waals surface area contributed by atoms with Crippen LogP contribution in [-0.2, 0) is 0 Å². The van der Waals surface area contributed by atoms with Crippen LogP contribution in [0.5, 0.6) is 0 Å². The molecule has 0 unspecified atom stereocenters. The summed E-state index contributed by atoms with van der Waals surface area (Å²) in [6.07, 6.45) is 0. The Morgan fingerprint density at radius 3 is 2.33 bits per heavy atom. The number of hydrogen-bond acceptors (Lipinski definition) is 6. The average molecular weight is 526 g/mol. The number of amides is 3. The number of aryl methyl sites for hydroxylation is 2. The van der Waals surface area contributed by atoms with Gasteiger partial charge in [-0.25, -0.2) is 5.01 Å². The van der Waals surface area contributed by atoms with Gasteiger partial charge in [0.15, 0.2) is 5.78 Å². The molecule has 0 atom stereocenters. The van der Waals surface area contributed by atoms with E-state index in [4.69, 9.17) is 23.2 Å². The SMILES string of the molecule is Cc1ccc(C(=O)CN(C(=O)c2ccc(Cl)cc2Cl)N2C(=O)c3cccc([N+](=O)[O-])c3C2=O)cc1C. The lowest BCUT2D eigenvalue weighted by Crippen LogP contribution is -2.51. The van der Waals surface area contributed by atoms with E-state index in [2.05, 4.69) is 0 Å². The van der Waals surface area contributed by atoms with E-state index in [1.165, 1.54) is 30.3 Å². The molecule has 182 valence electrons. The minimum Gasteiger partial charge on any atom is -0.292 e. The van der Waals surface area contributed by atoms with Gasteiger partial charge in [-0.1, -0.05) is 41.4 Å². The van der Waals surface area contributed by atoms with Crippen LogP contribution in [-0.4, -0.2) is 45.0 Å². The van der Waals surface area contributed by atoms with Gasteiger partial charge in [-0.15, -0.1) is 0 Å². The molecule has 4 rings (SSSR count). The number of Topliss-reactive ketones (excluding diaryl/α,β-unsaturated/α-hetero) is 1. The van der Waals surface area contributed by atoms with Crippen molar-refractivity contribution in [3.05, 3.63) is 108 Å². The van der Waals surface area contributed by atoms with E-state index in [9.17, 15) is 29.3 Å². The van der Waals surface area contributed by atoms with Gasteiger partial charge in [-0.3, -0.25) is 29.3 Å². The van der Waals surface area contributed by atoms with Crippen LogP contribution < -0.4 is 0 Å². The molecule has 0 saturated heterocycles. The quantitative estimate of drug-likeness (QED) is 0.192. The summed E-state index contributed by atoms with van der Waals surface area (Å²) in [5.41, 5.74) is 0.585. The molecule has 0 radical (unpaired) electrons. The molecule has 0 fully saturated rings. The molecule has 9 nitrogen and oxygen atoms in total. The van der Waals surface area contributed by atoms with Gasteiger partial charge in [0.2, 0.25) is 0 Å². The average Bonchev–Trinajstić information content (AvgIpc) is 3.08. The zero-order chi connectivity index (χ0) is 26.3. The molecule has 0 spiro atoms. The Balaban J connectivity index is 1.81. The first-order chi connectivity index (χ1) is 17.0. The highest BCUT2D eigenvalue weighted by Crippen LogP contribution is 2.33. The predicted octanol–water partition coefficient (Wildman–Crippen LogP) is 5.05. The lowest BCUT2D eigenvalue weighted by atomic mass is 10.0. The summed E-state index contributed by atoms with van der Waals surface area (Å²) >= 11 is 12.1. The van der Waals surface area contributed by atoms with Crippen molar-refractivity contribution < 1.29 is 24.1 Å². The van der Waals surface area contributed by atoms with Crippen molar-refractivity contribution >= 4 is 52.4 Å². The van der Waals surface area contributed by atoms with E-state index in [1.54, 1.807) is 18.2 Å². The largest absolute Gasteiger partial charge is 0.292 e. The van der Waals surface area contributed by atoms with E-state index in [-0.39, 0.29) is 26.7 Å². The summed E-state index contributed by atoms with van der Waals surface area (Å²) in [7, 11) is 0. The summed E-state index contributed by atoms with van der Waals surface area (Å²) in [6.45, 7) is 2.97. The van der Waals surface area contributed by atoms with Crippen LogP contribution in [0.1, 0.15) is 52.6 Å². The van der Waals surface area contributed by atoms with E-state index in [0.29, 0.717) is 10.0 Å². The van der Waals surface area contributed by atoms with Gasteiger partial charge in [-0.2, -0.15) is 5.01 Å². The van der Waals surface area contributed by atoms with Crippen LogP contribution in [0, 0.1) is 24.0 Å². The second kappa shape index (κ2) is 9.52. The van der Waals surface area contributed by atoms with Gasteiger partial charge in [0.05, 0.1) is 21.1 Å². The van der Waals surface area contributed by atoms with Crippen LogP contribution in [0.3, 0.4) is 0 Å². The normalized spacial score (nSPS) is 12.5. The maximum absolute atomic E-state index is 13.6. The van der Waals surface area contributed by atoms with E-state index >= 15 is 0 Å². The van der Waals surface area contributed by atoms with Gasteiger partial charge < -0.3 is 0 Å². The van der Waals surface area contributed by atoms with E-state index in [0.717, 1.165) is 17.2 Å². The number of imide groups is 1. The molecule has 0 N–H and O–H groups in total. The molecule has 1 aliphatic heterocycles. The number of rotatable bonds is 6. The van der Waals surface area contributed by atoms with Crippen LogP contribution >= 0.6 is 23.2 Å². The highest BCUT2D eigenvalue weighted by atomic mass is 35.5. The van der Waals surface area contributed by atoms with Crippen LogP contribution in [0.2, 0.25) is 10.0 Å². The number of nitrogens with zero attached hydrogens (tertiary/aromatic N) is 3. The lowest BCUT2D eigenvalue weighted by Gasteiger charge is -2.29. The number of carbonyl (C=O) groups excluding carboxylic acids is 4. The zero-order valence-corrected chi connectivity index (χ0v) is 20.5. The number of benzene rings is 3. The molecule has 3 amide bonds. The Labute approximate surface area is 214 Å². The molecule has 3 aromatic rings. The fraction of sp³-hybridized carbons (Fsp3) is 0.120. The van der Waals surface area contributed by atoms with E-state index < -0.39 is 46.2 Å². The van der Waals surface area contributed by atoms with Crippen LogP contribution in [0.25, 0.3) is 0 Å². The molecule has 1 aliphatic rings. The maximum Gasteiger partial charge on any atom is 0.287 e. The Kier molecular flexibility index (Phi) is 6.62. The van der Waals surface area contributed by atoms with Crippen molar-refractivity contribution in [2.24, 2.45) is 0 Å². The van der Waals surface area contributed by atoms with Gasteiger partial charge in [-0.05, 0) is 55.3 Å². The Morgan fingerprint density at radius 2 is 1.69 bits per heavy atom. The molecule has 0 aliphatic carbocycles. The number of nitro groups is 1. The molecule has 0 bridgehead atoms. The number of hydrazine groups is 1. The minimum absolute atomic E-state index is 0.0706. The third-order valence-corrected chi connectivity index (χ3v) is 6.38. The Bertz CT molecular complexity index is 1490.